The number of halogens is 1. The molecule has 0 aliphatic carbocycles. The van der Waals surface area contributed by atoms with E-state index in [1.165, 1.54) is 4.90 Å². The molecule has 1 aromatic carbocycles. The number of urea groups is 1. The lowest BCUT2D eigenvalue weighted by Crippen LogP contribution is -2.36. The first kappa shape index (κ1) is 11.9. The third-order valence-corrected chi connectivity index (χ3v) is 2.36. The molecule has 1 aromatic rings. The molecule has 1 rings (SSSR count). The summed E-state index contributed by atoms with van der Waals surface area (Å²) in [6.07, 6.45) is 1.94. The summed E-state index contributed by atoms with van der Waals surface area (Å²) in [5.74, 6) is 0. The summed E-state index contributed by atoms with van der Waals surface area (Å²) in [7, 11) is 0. The first-order valence-electron chi connectivity index (χ1n) is 4.97. The van der Waals surface area contributed by atoms with Crippen LogP contribution in [0.1, 0.15) is 19.8 Å². The van der Waals surface area contributed by atoms with E-state index >= 15 is 0 Å². The van der Waals surface area contributed by atoms with Crippen LogP contribution in [0.2, 0.25) is 5.02 Å². The van der Waals surface area contributed by atoms with Crippen molar-refractivity contribution in [2.24, 2.45) is 5.73 Å². The van der Waals surface area contributed by atoms with Gasteiger partial charge in [0, 0.05) is 17.3 Å². The molecule has 0 spiro atoms. The fourth-order valence-electron chi connectivity index (χ4n) is 1.33. The van der Waals surface area contributed by atoms with Crippen LogP contribution < -0.4 is 10.6 Å². The molecule has 2 amide bonds. The van der Waals surface area contributed by atoms with Crippen LogP contribution in [0.4, 0.5) is 10.5 Å². The van der Waals surface area contributed by atoms with Gasteiger partial charge in [-0.05, 0) is 24.6 Å². The number of carbonyl (C=O) groups excluding carboxylic acids is 1. The molecule has 0 aromatic heterocycles. The van der Waals surface area contributed by atoms with E-state index < -0.39 is 6.03 Å². The fraction of sp³-hybridized carbons (Fsp3) is 0.364. The van der Waals surface area contributed by atoms with Crippen molar-refractivity contribution in [2.45, 2.75) is 19.8 Å². The molecule has 0 saturated heterocycles. The first-order valence-corrected chi connectivity index (χ1v) is 5.35. The quantitative estimate of drug-likeness (QED) is 0.843. The van der Waals surface area contributed by atoms with Crippen LogP contribution in [-0.2, 0) is 0 Å². The average molecular weight is 227 g/mol. The Bertz CT molecular complexity index is 341. The molecule has 0 aliphatic rings. The minimum Gasteiger partial charge on any atom is -0.351 e. The summed E-state index contributed by atoms with van der Waals surface area (Å²) in [6.45, 7) is 2.70. The van der Waals surface area contributed by atoms with Crippen LogP contribution in [0.15, 0.2) is 24.3 Å². The molecule has 82 valence electrons. The highest BCUT2D eigenvalue weighted by atomic mass is 35.5. The van der Waals surface area contributed by atoms with Crippen molar-refractivity contribution in [1.29, 1.82) is 0 Å². The van der Waals surface area contributed by atoms with E-state index in [0.717, 1.165) is 18.5 Å². The summed E-state index contributed by atoms with van der Waals surface area (Å²) in [5.41, 5.74) is 6.06. The van der Waals surface area contributed by atoms with Gasteiger partial charge in [-0.15, -0.1) is 0 Å². The lowest BCUT2D eigenvalue weighted by Gasteiger charge is -2.20. The number of rotatable bonds is 4. The number of hydrogen-bond acceptors (Lipinski definition) is 1. The Balaban J connectivity index is 2.84. The van der Waals surface area contributed by atoms with E-state index in [0.29, 0.717) is 11.6 Å². The van der Waals surface area contributed by atoms with Gasteiger partial charge in [-0.2, -0.15) is 0 Å². The summed E-state index contributed by atoms with van der Waals surface area (Å²) >= 11 is 5.85. The smallest absolute Gasteiger partial charge is 0.319 e. The average Bonchev–Trinajstić information content (AvgIpc) is 2.18. The van der Waals surface area contributed by atoms with Gasteiger partial charge in [0.1, 0.15) is 0 Å². The van der Waals surface area contributed by atoms with Gasteiger partial charge >= 0.3 is 6.03 Å². The van der Waals surface area contributed by atoms with Gasteiger partial charge in [0.05, 0.1) is 0 Å². The van der Waals surface area contributed by atoms with Crippen LogP contribution >= 0.6 is 11.6 Å². The monoisotopic (exact) mass is 226 g/mol. The van der Waals surface area contributed by atoms with E-state index in [4.69, 9.17) is 17.3 Å². The van der Waals surface area contributed by atoms with Gasteiger partial charge in [0.2, 0.25) is 0 Å². The molecule has 3 nitrogen and oxygen atoms in total. The Kier molecular flexibility index (Phi) is 4.43. The molecule has 0 atom stereocenters. The number of carbonyl (C=O) groups is 1. The largest absolute Gasteiger partial charge is 0.351 e. The number of benzene rings is 1. The Morgan fingerprint density at radius 1 is 1.53 bits per heavy atom. The second-order valence-electron chi connectivity index (χ2n) is 3.32. The minimum absolute atomic E-state index is 0.439. The SMILES string of the molecule is CCCCN(C(N)=O)c1cccc(Cl)c1. The van der Waals surface area contributed by atoms with Crippen LogP contribution in [0.25, 0.3) is 0 Å². The van der Waals surface area contributed by atoms with Crippen molar-refractivity contribution in [3.05, 3.63) is 29.3 Å². The standard InChI is InChI=1S/C11H15ClN2O/c1-2-3-7-14(11(13)15)10-6-4-5-9(12)8-10/h4-6,8H,2-3,7H2,1H3,(H2,13,15). The van der Waals surface area contributed by atoms with Gasteiger partial charge in [-0.3, -0.25) is 4.90 Å². The van der Waals surface area contributed by atoms with Crippen molar-refractivity contribution in [3.8, 4) is 0 Å². The number of nitrogens with zero attached hydrogens (tertiary/aromatic N) is 1. The van der Waals surface area contributed by atoms with E-state index in [1.54, 1.807) is 18.2 Å². The number of primary amides is 1. The predicted molar refractivity (Wildman–Crippen MR) is 63.3 cm³/mol. The van der Waals surface area contributed by atoms with E-state index in [1.807, 2.05) is 6.07 Å². The zero-order valence-corrected chi connectivity index (χ0v) is 9.50. The number of nitrogens with two attached hydrogens (primary N) is 1. The lowest BCUT2D eigenvalue weighted by atomic mass is 10.2. The zero-order chi connectivity index (χ0) is 11.3. The molecule has 4 heteroatoms. The Labute approximate surface area is 94.8 Å². The van der Waals surface area contributed by atoms with Crippen LogP contribution in [-0.4, -0.2) is 12.6 Å². The molecule has 2 N–H and O–H groups in total. The Hall–Kier alpha value is -1.22. The normalized spacial score (nSPS) is 10.0. The molecular formula is C11H15ClN2O. The minimum atomic E-state index is -0.439. The maximum absolute atomic E-state index is 11.2. The molecule has 0 radical (unpaired) electrons. The third-order valence-electron chi connectivity index (χ3n) is 2.12. The van der Waals surface area contributed by atoms with Crippen molar-refractivity contribution in [3.63, 3.8) is 0 Å². The molecule has 0 unspecified atom stereocenters. The highest BCUT2D eigenvalue weighted by molar-refractivity contribution is 6.30. The topological polar surface area (TPSA) is 46.3 Å². The van der Waals surface area contributed by atoms with Crippen molar-refractivity contribution < 1.29 is 4.79 Å². The van der Waals surface area contributed by atoms with Crippen molar-refractivity contribution in [1.82, 2.24) is 0 Å². The predicted octanol–water partition coefficient (Wildman–Crippen LogP) is 3.03. The number of amides is 2. The second-order valence-corrected chi connectivity index (χ2v) is 3.76. The second kappa shape index (κ2) is 5.61. The van der Waals surface area contributed by atoms with Gasteiger partial charge < -0.3 is 5.73 Å². The summed E-state index contributed by atoms with van der Waals surface area (Å²) < 4.78 is 0. The summed E-state index contributed by atoms with van der Waals surface area (Å²) in [5, 5.41) is 0.607. The fourth-order valence-corrected chi connectivity index (χ4v) is 1.51. The van der Waals surface area contributed by atoms with Gasteiger partial charge in [-0.25, -0.2) is 4.79 Å². The van der Waals surface area contributed by atoms with Crippen molar-refractivity contribution >= 4 is 23.3 Å². The van der Waals surface area contributed by atoms with E-state index in [2.05, 4.69) is 6.92 Å². The zero-order valence-electron chi connectivity index (χ0n) is 8.74. The maximum atomic E-state index is 11.2. The molecule has 15 heavy (non-hydrogen) atoms. The van der Waals surface area contributed by atoms with Crippen LogP contribution in [0.5, 0.6) is 0 Å². The number of anilines is 1. The van der Waals surface area contributed by atoms with Gasteiger partial charge in [-0.1, -0.05) is 31.0 Å². The van der Waals surface area contributed by atoms with Crippen LogP contribution in [0, 0.1) is 0 Å². The Morgan fingerprint density at radius 3 is 2.80 bits per heavy atom. The number of hydrogen-bond donors (Lipinski definition) is 1. The van der Waals surface area contributed by atoms with E-state index in [9.17, 15) is 4.79 Å². The van der Waals surface area contributed by atoms with Gasteiger partial charge in [0.25, 0.3) is 0 Å². The van der Waals surface area contributed by atoms with Crippen molar-refractivity contribution in [2.75, 3.05) is 11.4 Å². The molecule has 0 saturated carbocycles. The summed E-state index contributed by atoms with van der Waals surface area (Å²) in [6, 6.07) is 6.70. The number of unbranched alkanes of at least 4 members (excludes halogenated alkanes) is 1. The van der Waals surface area contributed by atoms with Gasteiger partial charge in [0.15, 0.2) is 0 Å². The molecule has 0 fully saturated rings. The Morgan fingerprint density at radius 2 is 2.27 bits per heavy atom. The van der Waals surface area contributed by atoms with Crippen LogP contribution in [0.3, 0.4) is 0 Å². The summed E-state index contributed by atoms with van der Waals surface area (Å²) in [4.78, 5) is 12.8. The molecule has 0 aliphatic heterocycles. The molecule has 0 heterocycles. The first-order chi connectivity index (χ1) is 7.15. The third kappa shape index (κ3) is 3.44. The highest BCUT2D eigenvalue weighted by Gasteiger charge is 2.11. The lowest BCUT2D eigenvalue weighted by molar-refractivity contribution is 0.254. The maximum Gasteiger partial charge on any atom is 0.319 e. The highest BCUT2D eigenvalue weighted by Crippen LogP contribution is 2.19. The molecular weight excluding hydrogens is 212 g/mol. The molecule has 0 bridgehead atoms. The van der Waals surface area contributed by atoms with E-state index in [-0.39, 0.29) is 0 Å².